The van der Waals surface area contributed by atoms with Gasteiger partial charge in [0.1, 0.15) is 0 Å². The molecule has 0 spiro atoms. The molecule has 2 aromatic rings. The molecule has 6 heteroatoms. The van der Waals surface area contributed by atoms with Crippen LogP contribution >= 0.6 is 11.3 Å². The molecule has 0 unspecified atom stereocenters. The lowest BCUT2D eigenvalue weighted by molar-refractivity contribution is 0.0942. The average Bonchev–Trinajstić information content (AvgIpc) is 3.24. The molecule has 1 aliphatic heterocycles. The smallest absolute Gasteiger partial charge is 0.261 e. The molecule has 2 aliphatic rings. The number of rotatable bonds is 3. The third-order valence-corrected chi connectivity index (χ3v) is 5.80. The van der Waals surface area contributed by atoms with Crippen LogP contribution in [0.1, 0.15) is 45.9 Å². The van der Waals surface area contributed by atoms with Crippen molar-refractivity contribution in [3.8, 4) is 0 Å². The summed E-state index contributed by atoms with van der Waals surface area (Å²) < 4.78 is 0. The lowest BCUT2D eigenvalue weighted by Crippen LogP contribution is -2.32. The largest absolute Gasteiger partial charge is 0.349 e. The first kappa shape index (κ1) is 14.6. The fourth-order valence-corrected chi connectivity index (χ4v) is 4.43. The average molecular weight is 328 g/mol. The molecule has 1 N–H and O–H groups in total. The number of carbonyl (C=O) groups excluding carboxylic acids is 1. The van der Waals surface area contributed by atoms with Crippen molar-refractivity contribution in [1.29, 1.82) is 0 Å². The van der Waals surface area contributed by atoms with Crippen molar-refractivity contribution < 1.29 is 4.79 Å². The molecule has 1 amide bonds. The summed E-state index contributed by atoms with van der Waals surface area (Å²) in [5.41, 5.74) is 2.03. The number of nitrogens with zero attached hydrogens (tertiary/aromatic N) is 3. The predicted octanol–water partition coefficient (Wildman–Crippen LogP) is 3.21. The summed E-state index contributed by atoms with van der Waals surface area (Å²) in [6.07, 6.45) is 5.65. The fourth-order valence-electron chi connectivity index (χ4n) is 3.37. The Morgan fingerprint density at radius 1 is 1.30 bits per heavy atom. The topological polar surface area (TPSA) is 58.1 Å². The van der Waals surface area contributed by atoms with Gasteiger partial charge in [-0.2, -0.15) is 5.10 Å². The fraction of sp³-hybridized carbons (Fsp3) is 0.471. The van der Waals surface area contributed by atoms with E-state index in [1.807, 2.05) is 25.1 Å². The number of aromatic nitrogens is 2. The molecule has 0 aromatic carbocycles. The van der Waals surface area contributed by atoms with E-state index in [0.29, 0.717) is 6.04 Å². The van der Waals surface area contributed by atoms with Crippen molar-refractivity contribution in [2.45, 2.75) is 45.1 Å². The molecule has 0 bridgehead atoms. The Bertz CT molecular complexity index is 719. The van der Waals surface area contributed by atoms with Crippen LogP contribution in [0.3, 0.4) is 0 Å². The zero-order chi connectivity index (χ0) is 15.8. The van der Waals surface area contributed by atoms with E-state index in [1.165, 1.54) is 17.7 Å². The Morgan fingerprint density at radius 3 is 2.87 bits per heavy atom. The van der Waals surface area contributed by atoms with Crippen LogP contribution in [-0.4, -0.2) is 28.7 Å². The molecule has 0 radical (unpaired) electrons. The molecule has 0 saturated heterocycles. The van der Waals surface area contributed by atoms with Gasteiger partial charge in [0.25, 0.3) is 5.91 Å². The van der Waals surface area contributed by atoms with E-state index in [1.54, 1.807) is 11.3 Å². The number of hydrogen-bond acceptors (Lipinski definition) is 5. The number of carbonyl (C=O) groups is 1. The second kappa shape index (κ2) is 5.92. The highest BCUT2D eigenvalue weighted by atomic mass is 32.1. The summed E-state index contributed by atoms with van der Waals surface area (Å²) in [6.45, 7) is 2.84. The summed E-state index contributed by atoms with van der Waals surface area (Å²) in [4.78, 5) is 16.7. The van der Waals surface area contributed by atoms with Crippen LogP contribution in [0.2, 0.25) is 0 Å². The summed E-state index contributed by atoms with van der Waals surface area (Å²) in [6, 6.07) is 6.34. The number of thiophene rings is 1. The molecule has 4 rings (SSSR count). The van der Waals surface area contributed by atoms with E-state index < -0.39 is 0 Å². The first-order valence-corrected chi connectivity index (χ1v) is 9.04. The lowest BCUT2D eigenvalue weighted by atomic mass is 10.2. The van der Waals surface area contributed by atoms with E-state index in [-0.39, 0.29) is 5.91 Å². The zero-order valence-electron chi connectivity index (χ0n) is 13.2. The molecule has 1 saturated carbocycles. The predicted molar refractivity (Wildman–Crippen MR) is 91.5 cm³/mol. The van der Waals surface area contributed by atoms with Crippen molar-refractivity contribution in [3.05, 3.63) is 33.6 Å². The molecule has 0 atom stereocenters. The minimum absolute atomic E-state index is 0.0752. The molecular formula is C17H20N4OS. The number of aryl methyl sites for hydroxylation is 1. The van der Waals surface area contributed by atoms with Gasteiger partial charge in [-0.15, -0.1) is 16.4 Å². The van der Waals surface area contributed by atoms with Crippen molar-refractivity contribution >= 4 is 28.7 Å². The maximum atomic E-state index is 12.4. The van der Waals surface area contributed by atoms with Crippen LogP contribution in [0.4, 0.5) is 11.5 Å². The van der Waals surface area contributed by atoms with Gasteiger partial charge in [-0.25, -0.2) is 0 Å². The first-order chi connectivity index (χ1) is 11.2. The highest BCUT2D eigenvalue weighted by Gasteiger charge is 2.27. The van der Waals surface area contributed by atoms with Crippen LogP contribution in [0.25, 0.3) is 0 Å². The van der Waals surface area contributed by atoms with Crippen LogP contribution in [-0.2, 0) is 6.42 Å². The zero-order valence-corrected chi connectivity index (χ0v) is 14.0. The summed E-state index contributed by atoms with van der Waals surface area (Å²) in [7, 11) is 0. The molecular weight excluding hydrogens is 308 g/mol. The third kappa shape index (κ3) is 2.83. The lowest BCUT2D eigenvalue weighted by Gasteiger charge is -2.16. The molecule has 1 aliphatic carbocycles. The van der Waals surface area contributed by atoms with Gasteiger partial charge in [0.05, 0.1) is 16.3 Å². The van der Waals surface area contributed by atoms with Crippen molar-refractivity contribution in [3.63, 3.8) is 0 Å². The minimum atomic E-state index is 0.0752. The van der Waals surface area contributed by atoms with Gasteiger partial charge in [0.2, 0.25) is 0 Å². The van der Waals surface area contributed by atoms with Gasteiger partial charge in [0.15, 0.2) is 5.82 Å². The van der Waals surface area contributed by atoms with Gasteiger partial charge in [-0.05, 0) is 38.0 Å². The van der Waals surface area contributed by atoms with Crippen LogP contribution in [0.5, 0.6) is 0 Å². The Morgan fingerprint density at radius 2 is 2.13 bits per heavy atom. The Balaban J connectivity index is 1.54. The monoisotopic (exact) mass is 328 g/mol. The van der Waals surface area contributed by atoms with Crippen molar-refractivity contribution in [1.82, 2.24) is 15.5 Å². The van der Waals surface area contributed by atoms with Gasteiger partial charge in [-0.1, -0.05) is 12.8 Å². The molecule has 23 heavy (non-hydrogen) atoms. The third-order valence-electron chi connectivity index (χ3n) is 4.61. The quantitative estimate of drug-likeness (QED) is 0.940. The number of hydrogen-bond donors (Lipinski definition) is 1. The Hall–Kier alpha value is -1.95. The number of amides is 1. The Labute approximate surface area is 139 Å². The van der Waals surface area contributed by atoms with E-state index in [9.17, 15) is 4.79 Å². The van der Waals surface area contributed by atoms with Gasteiger partial charge < -0.3 is 10.2 Å². The molecule has 2 aromatic heterocycles. The van der Waals surface area contributed by atoms with Gasteiger partial charge in [0, 0.05) is 23.9 Å². The summed E-state index contributed by atoms with van der Waals surface area (Å²) in [5, 5.41) is 11.6. The number of nitrogens with one attached hydrogen (secondary N) is 1. The molecule has 1 fully saturated rings. The van der Waals surface area contributed by atoms with E-state index in [4.69, 9.17) is 0 Å². The summed E-state index contributed by atoms with van der Waals surface area (Å²) in [5.74, 6) is 0.932. The van der Waals surface area contributed by atoms with Crippen LogP contribution in [0, 0.1) is 6.92 Å². The standard InChI is InChI=1S/C17H20N4OS/c1-11-6-7-16(20-19-11)21-9-8-14-13(21)10-15(23-14)17(22)18-12-4-2-3-5-12/h6-7,10,12H,2-5,8-9H2,1H3,(H,18,22). The second-order valence-corrected chi connectivity index (χ2v) is 7.45. The van der Waals surface area contributed by atoms with Gasteiger partial charge >= 0.3 is 0 Å². The second-order valence-electron chi connectivity index (χ2n) is 6.31. The summed E-state index contributed by atoms with van der Waals surface area (Å²) >= 11 is 1.61. The highest BCUT2D eigenvalue weighted by molar-refractivity contribution is 7.14. The maximum Gasteiger partial charge on any atom is 0.261 e. The van der Waals surface area contributed by atoms with Crippen LogP contribution in [0.15, 0.2) is 18.2 Å². The van der Waals surface area contributed by atoms with Crippen LogP contribution < -0.4 is 10.2 Å². The van der Waals surface area contributed by atoms with E-state index >= 15 is 0 Å². The van der Waals surface area contributed by atoms with Gasteiger partial charge in [-0.3, -0.25) is 4.79 Å². The van der Waals surface area contributed by atoms with Crippen molar-refractivity contribution in [2.24, 2.45) is 0 Å². The number of fused-ring (bicyclic) bond motifs is 1. The normalized spacial score (nSPS) is 17.5. The SMILES string of the molecule is Cc1ccc(N2CCc3sc(C(=O)NC4CCCC4)cc32)nn1. The highest BCUT2D eigenvalue weighted by Crippen LogP contribution is 2.39. The molecule has 3 heterocycles. The van der Waals surface area contributed by atoms with E-state index in [2.05, 4.69) is 20.4 Å². The van der Waals surface area contributed by atoms with Crippen molar-refractivity contribution in [2.75, 3.05) is 11.4 Å². The molecule has 5 nitrogen and oxygen atoms in total. The Kier molecular flexibility index (Phi) is 3.77. The minimum Gasteiger partial charge on any atom is -0.349 e. The number of anilines is 2. The first-order valence-electron chi connectivity index (χ1n) is 8.22. The maximum absolute atomic E-state index is 12.4. The van der Waals surface area contributed by atoms with E-state index in [0.717, 1.165) is 47.9 Å². The molecule has 120 valence electrons.